The fraction of sp³-hybridized carbons (Fsp3) is 1.00. The van der Waals surface area contributed by atoms with Crippen molar-refractivity contribution in [1.82, 2.24) is 0 Å². The molecule has 3 nitrogen and oxygen atoms in total. The van der Waals surface area contributed by atoms with Gasteiger partial charge in [0.2, 0.25) is 0 Å². The summed E-state index contributed by atoms with van der Waals surface area (Å²) in [6.07, 6.45) is 0. The van der Waals surface area contributed by atoms with Crippen molar-refractivity contribution in [3.63, 3.8) is 0 Å². The zero-order valence-corrected chi connectivity index (χ0v) is 4.95. The zero-order chi connectivity index (χ0) is 5.21. The summed E-state index contributed by atoms with van der Waals surface area (Å²) in [5.74, 6) is 1.37. The van der Waals surface area contributed by atoms with Crippen LogP contribution in [0, 0.1) is 0 Å². The Balaban J connectivity index is 3.85. The molecular weight excluding hydrogens is 148 g/mol. The minimum absolute atomic E-state index is 0.201. The van der Waals surface area contributed by atoms with Gasteiger partial charge >= 0.3 is 41.2 Å². The second kappa shape index (κ2) is 1.93. The first kappa shape index (κ1) is 6.43. The van der Waals surface area contributed by atoms with Crippen molar-refractivity contribution < 1.29 is 26.8 Å². The molecule has 0 aromatic carbocycles. The molecule has 40 valence electrons. The average molecular weight is 152 g/mol. The van der Waals surface area contributed by atoms with Crippen molar-refractivity contribution in [2.24, 2.45) is 0 Å². The molecule has 5 heteroatoms. The molecule has 0 atom stereocenters. The minimum atomic E-state index is -3.66. The quantitative estimate of drug-likeness (QED) is 0.422. The Morgan fingerprint density at radius 2 is 1.83 bits per heavy atom. The summed E-state index contributed by atoms with van der Waals surface area (Å²) >= 11 is -0.201. The van der Waals surface area contributed by atoms with Gasteiger partial charge in [0, 0.05) is 0 Å². The van der Waals surface area contributed by atoms with Gasteiger partial charge in [0.05, 0.1) is 0 Å². The van der Waals surface area contributed by atoms with Crippen LogP contribution < -0.4 is 0 Å². The van der Waals surface area contributed by atoms with Crippen LogP contribution in [0.5, 0.6) is 0 Å². The molecule has 0 spiro atoms. The van der Waals surface area contributed by atoms with E-state index in [1.54, 1.807) is 0 Å². The van der Waals surface area contributed by atoms with Gasteiger partial charge in [-0.3, -0.25) is 0 Å². The Labute approximate surface area is 41.7 Å². The molecule has 0 aliphatic heterocycles. The molecule has 0 saturated heterocycles. The van der Waals surface area contributed by atoms with Gasteiger partial charge in [-0.1, -0.05) is 0 Å². The number of rotatable bonds is 1. The fourth-order valence-corrected chi connectivity index (χ4v) is 0. The van der Waals surface area contributed by atoms with E-state index in [0.717, 1.165) is 0 Å². The summed E-state index contributed by atoms with van der Waals surface area (Å²) < 4.78 is 26.9. The van der Waals surface area contributed by atoms with E-state index in [-0.39, 0.29) is 13.8 Å². The molecular formula is CH4FeO3S. The standard InChI is InChI=1S/CH3.Fe.HO3S/c;;1-4(2)3/h1H3;;(H,1,2,3). The van der Waals surface area contributed by atoms with Crippen molar-refractivity contribution in [2.75, 3.05) is 0 Å². The second-order valence-corrected chi connectivity index (χ2v) is 4.69. The van der Waals surface area contributed by atoms with Crippen LogP contribution in [0.1, 0.15) is 0 Å². The summed E-state index contributed by atoms with van der Waals surface area (Å²) in [4.78, 5) is 0. The Hall–Kier alpha value is 0.429. The van der Waals surface area contributed by atoms with Crippen LogP contribution in [0.15, 0.2) is 0 Å². The molecule has 0 aromatic heterocycles. The van der Waals surface area contributed by atoms with Gasteiger partial charge in [0.25, 0.3) is 0 Å². The van der Waals surface area contributed by atoms with E-state index in [9.17, 15) is 8.42 Å². The van der Waals surface area contributed by atoms with Crippen molar-refractivity contribution in [3.05, 3.63) is 0 Å². The molecule has 0 rings (SSSR count). The molecule has 0 saturated carbocycles. The Kier molecular flexibility index (Phi) is 2.07. The third-order valence-electron chi connectivity index (χ3n) is 0.182. The molecule has 0 fully saturated rings. The van der Waals surface area contributed by atoms with E-state index in [1.807, 2.05) is 0 Å². The molecule has 0 radical (unpaired) electrons. The summed E-state index contributed by atoms with van der Waals surface area (Å²) in [7, 11) is -3.66. The summed E-state index contributed by atoms with van der Waals surface area (Å²) in [6, 6.07) is 0. The fourth-order valence-electron chi connectivity index (χ4n) is 0. The van der Waals surface area contributed by atoms with E-state index >= 15 is 0 Å². The summed E-state index contributed by atoms with van der Waals surface area (Å²) in [6.45, 7) is 0. The zero-order valence-electron chi connectivity index (χ0n) is 3.03. The van der Waals surface area contributed by atoms with E-state index in [0.29, 0.717) is 0 Å². The first-order valence-corrected chi connectivity index (χ1v) is 4.79. The van der Waals surface area contributed by atoms with Crippen LogP contribution in [0.3, 0.4) is 0 Å². The van der Waals surface area contributed by atoms with E-state index in [4.69, 9.17) is 4.55 Å². The molecule has 0 aromatic rings. The molecule has 0 aliphatic carbocycles. The van der Waals surface area contributed by atoms with Crippen LogP contribution in [0.4, 0.5) is 0 Å². The summed E-state index contributed by atoms with van der Waals surface area (Å²) in [5, 5.41) is 0. The summed E-state index contributed by atoms with van der Waals surface area (Å²) in [5.41, 5.74) is 0. The van der Waals surface area contributed by atoms with E-state index in [2.05, 4.69) is 0 Å². The van der Waals surface area contributed by atoms with Gasteiger partial charge < -0.3 is 0 Å². The van der Waals surface area contributed by atoms with Gasteiger partial charge in [0.15, 0.2) is 0 Å². The first-order chi connectivity index (χ1) is 2.56. The van der Waals surface area contributed by atoms with Crippen LogP contribution in [-0.2, 0) is 22.4 Å². The van der Waals surface area contributed by atoms with Gasteiger partial charge in [-0.05, 0) is 0 Å². The van der Waals surface area contributed by atoms with Crippen LogP contribution in [0.25, 0.3) is 0 Å². The van der Waals surface area contributed by atoms with Crippen molar-refractivity contribution in [3.8, 4) is 0 Å². The van der Waals surface area contributed by atoms with Crippen molar-refractivity contribution >= 4 is 8.54 Å². The van der Waals surface area contributed by atoms with Gasteiger partial charge in [-0.25, -0.2) is 0 Å². The number of hydrogen-bond acceptors (Lipinski definition) is 2. The maximum absolute atomic E-state index is 9.56. The molecule has 0 bridgehead atoms. The SMILES string of the molecule is [CH3][Fe][S](=O)(=O)O. The number of hydrogen-bond donors (Lipinski definition) is 1. The van der Waals surface area contributed by atoms with Crippen molar-refractivity contribution in [2.45, 2.75) is 5.82 Å². The first-order valence-electron chi connectivity index (χ1n) is 1.01. The van der Waals surface area contributed by atoms with Crippen LogP contribution >= 0.6 is 0 Å². The molecule has 0 amide bonds. The maximum atomic E-state index is 9.56. The third kappa shape index (κ3) is 4.43. The van der Waals surface area contributed by atoms with E-state index < -0.39 is 8.54 Å². The second-order valence-electron chi connectivity index (χ2n) is 0.544. The van der Waals surface area contributed by atoms with Crippen LogP contribution in [-0.4, -0.2) is 13.0 Å². The van der Waals surface area contributed by atoms with Crippen LogP contribution in [0.2, 0.25) is 5.82 Å². The molecule has 6 heavy (non-hydrogen) atoms. The third-order valence-corrected chi connectivity index (χ3v) is 2.26. The predicted octanol–water partition coefficient (Wildman–Crippen LogP) is -0.0802. The van der Waals surface area contributed by atoms with Gasteiger partial charge in [-0.2, -0.15) is 0 Å². The molecule has 0 aliphatic rings. The Morgan fingerprint density at radius 1 is 1.67 bits per heavy atom. The van der Waals surface area contributed by atoms with Crippen molar-refractivity contribution in [1.29, 1.82) is 0 Å². The monoisotopic (exact) mass is 152 g/mol. The molecule has 0 unspecified atom stereocenters. The Bertz CT molecular complexity index is 113. The molecule has 0 heterocycles. The molecule has 1 N–H and O–H groups in total. The van der Waals surface area contributed by atoms with E-state index in [1.165, 1.54) is 5.82 Å². The predicted molar refractivity (Wildman–Crippen MR) is 17.4 cm³/mol. The Morgan fingerprint density at radius 3 is 1.83 bits per heavy atom. The average Bonchev–Trinajstić information content (AvgIpc) is 1.35. The topological polar surface area (TPSA) is 54.4 Å². The van der Waals surface area contributed by atoms with Gasteiger partial charge in [-0.15, -0.1) is 0 Å². The normalized spacial score (nSPS) is 12.3. The van der Waals surface area contributed by atoms with Gasteiger partial charge in [0.1, 0.15) is 0 Å².